The van der Waals surface area contributed by atoms with E-state index in [2.05, 4.69) is 0 Å². The summed E-state index contributed by atoms with van der Waals surface area (Å²) in [5, 5.41) is 0.856. The predicted molar refractivity (Wildman–Crippen MR) is 88.8 cm³/mol. The number of benzene rings is 2. The lowest BCUT2D eigenvalue weighted by atomic mass is 10.2. The molecule has 0 unspecified atom stereocenters. The van der Waals surface area contributed by atoms with Crippen LogP contribution in [0.3, 0.4) is 0 Å². The van der Waals surface area contributed by atoms with Crippen LogP contribution in [-0.2, 0) is 10.0 Å². The van der Waals surface area contributed by atoms with E-state index in [1.54, 1.807) is 30.5 Å². The molecule has 0 aliphatic carbocycles. The summed E-state index contributed by atoms with van der Waals surface area (Å²) in [7, 11) is -0.840. The van der Waals surface area contributed by atoms with Gasteiger partial charge in [-0.05, 0) is 30.7 Å². The molecule has 3 rings (SSSR count). The average Bonchev–Trinajstić information content (AvgIpc) is 2.99. The van der Waals surface area contributed by atoms with Gasteiger partial charge in [-0.25, -0.2) is 12.4 Å². The van der Waals surface area contributed by atoms with E-state index in [1.807, 2.05) is 19.1 Å². The molecule has 6 heteroatoms. The topological polar surface area (TPSA) is 57.5 Å². The Bertz CT molecular complexity index is 973. The molecule has 1 heterocycles. The van der Waals surface area contributed by atoms with Crippen molar-refractivity contribution in [3.8, 4) is 11.5 Å². The van der Waals surface area contributed by atoms with Crippen LogP contribution >= 0.6 is 0 Å². The minimum Gasteiger partial charge on any atom is -0.496 e. The molecular formula is C17H17NO4S. The van der Waals surface area contributed by atoms with Gasteiger partial charge >= 0.3 is 0 Å². The number of para-hydroxylation sites is 1. The van der Waals surface area contributed by atoms with Gasteiger partial charge in [0.25, 0.3) is 10.0 Å². The normalized spacial score (nSPS) is 11.6. The van der Waals surface area contributed by atoms with Crippen LogP contribution < -0.4 is 9.47 Å². The number of methoxy groups -OCH3 is 2. The molecule has 0 saturated heterocycles. The molecule has 5 nitrogen and oxygen atoms in total. The average molecular weight is 331 g/mol. The maximum absolute atomic E-state index is 13.1. The fourth-order valence-electron chi connectivity index (χ4n) is 2.60. The van der Waals surface area contributed by atoms with Crippen molar-refractivity contribution in [2.24, 2.45) is 0 Å². The molecule has 2 aromatic carbocycles. The van der Waals surface area contributed by atoms with Gasteiger partial charge in [-0.2, -0.15) is 0 Å². The predicted octanol–water partition coefficient (Wildman–Crippen LogP) is 3.20. The Morgan fingerprint density at radius 3 is 2.35 bits per heavy atom. The van der Waals surface area contributed by atoms with Gasteiger partial charge in [-0.1, -0.05) is 18.2 Å². The minimum absolute atomic E-state index is 0.0730. The fraction of sp³-hybridized carbons (Fsp3) is 0.176. The van der Waals surface area contributed by atoms with Crippen molar-refractivity contribution in [2.45, 2.75) is 11.8 Å². The number of hydrogen-bond acceptors (Lipinski definition) is 4. The maximum atomic E-state index is 13.1. The molecule has 0 spiro atoms. The molecule has 0 fully saturated rings. The number of aromatic nitrogens is 1. The van der Waals surface area contributed by atoms with Crippen molar-refractivity contribution in [1.29, 1.82) is 0 Å². The third-order valence-electron chi connectivity index (χ3n) is 3.78. The summed E-state index contributed by atoms with van der Waals surface area (Å²) < 4.78 is 38.0. The summed E-state index contributed by atoms with van der Waals surface area (Å²) in [5.74, 6) is 0.793. The van der Waals surface area contributed by atoms with Gasteiger partial charge < -0.3 is 9.47 Å². The molecule has 0 aliphatic heterocycles. The van der Waals surface area contributed by atoms with Crippen molar-refractivity contribution >= 4 is 20.9 Å². The third kappa shape index (κ3) is 2.45. The zero-order valence-electron chi connectivity index (χ0n) is 13.1. The molecule has 23 heavy (non-hydrogen) atoms. The largest absolute Gasteiger partial charge is 0.496 e. The second-order valence-corrected chi connectivity index (χ2v) is 6.93. The second-order valence-electron chi connectivity index (χ2n) is 5.15. The fourth-order valence-corrected chi connectivity index (χ4v) is 4.11. The lowest BCUT2D eigenvalue weighted by Gasteiger charge is -2.14. The standard InChI is InChI=1S/C17H17NO4S/c1-12-10-16(22-3)17(11-15(12)21-2)23(19,20)18-9-8-13-6-4-5-7-14(13)18/h4-11H,1-3H3. The molecule has 0 amide bonds. The Labute approximate surface area is 135 Å². The summed E-state index contributed by atoms with van der Waals surface area (Å²) in [6, 6.07) is 12.2. The van der Waals surface area contributed by atoms with E-state index >= 15 is 0 Å². The highest BCUT2D eigenvalue weighted by Gasteiger charge is 2.24. The minimum atomic E-state index is -3.80. The molecule has 0 atom stereocenters. The van der Waals surface area contributed by atoms with Gasteiger partial charge in [0.1, 0.15) is 16.4 Å². The van der Waals surface area contributed by atoms with Crippen LogP contribution in [0.2, 0.25) is 0 Å². The Morgan fingerprint density at radius 2 is 1.65 bits per heavy atom. The molecule has 1 aromatic heterocycles. The maximum Gasteiger partial charge on any atom is 0.271 e. The Balaban J connectivity index is 2.28. The zero-order valence-corrected chi connectivity index (χ0v) is 13.9. The van der Waals surface area contributed by atoms with Crippen molar-refractivity contribution in [2.75, 3.05) is 14.2 Å². The van der Waals surface area contributed by atoms with Crippen LogP contribution in [0.25, 0.3) is 10.9 Å². The van der Waals surface area contributed by atoms with E-state index in [0.29, 0.717) is 17.0 Å². The van der Waals surface area contributed by atoms with Crippen LogP contribution in [0, 0.1) is 6.92 Å². The smallest absolute Gasteiger partial charge is 0.271 e. The lowest BCUT2D eigenvalue weighted by Crippen LogP contribution is -2.13. The van der Waals surface area contributed by atoms with Crippen molar-refractivity contribution < 1.29 is 17.9 Å². The van der Waals surface area contributed by atoms with Crippen LogP contribution in [0.15, 0.2) is 53.6 Å². The highest BCUT2D eigenvalue weighted by atomic mass is 32.2. The zero-order chi connectivity index (χ0) is 16.6. The molecule has 0 saturated carbocycles. The Hall–Kier alpha value is -2.47. The van der Waals surface area contributed by atoms with Gasteiger partial charge in [0.05, 0.1) is 19.7 Å². The Kier molecular flexibility index (Phi) is 3.77. The molecule has 3 aromatic rings. The highest BCUT2D eigenvalue weighted by molar-refractivity contribution is 7.90. The van der Waals surface area contributed by atoms with E-state index < -0.39 is 10.0 Å². The Morgan fingerprint density at radius 1 is 0.957 bits per heavy atom. The number of rotatable bonds is 4. The van der Waals surface area contributed by atoms with E-state index in [-0.39, 0.29) is 4.90 Å². The molecule has 0 bridgehead atoms. The number of hydrogen-bond donors (Lipinski definition) is 0. The third-order valence-corrected chi connectivity index (χ3v) is 5.49. The van der Waals surface area contributed by atoms with E-state index in [4.69, 9.17) is 9.47 Å². The van der Waals surface area contributed by atoms with Gasteiger partial charge in [0, 0.05) is 17.6 Å². The molecule has 0 radical (unpaired) electrons. The first-order valence-corrected chi connectivity index (χ1v) is 8.47. The molecular weight excluding hydrogens is 314 g/mol. The van der Waals surface area contributed by atoms with Gasteiger partial charge in [0.2, 0.25) is 0 Å². The van der Waals surface area contributed by atoms with E-state index in [1.165, 1.54) is 24.3 Å². The number of ether oxygens (including phenoxy) is 2. The van der Waals surface area contributed by atoms with E-state index in [0.717, 1.165) is 10.9 Å². The monoisotopic (exact) mass is 331 g/mol. The summed E-state index contributed by atoms with van der Waals surface area (Å²) in [5.41, 5.74) is 1.43. The van der Waals surface area contributed by atoms with E-state index in [9.17, 15) is 8.42 Å². The summed E-state index contributed by atoms with van der Waals surface area (Å²) >= 11 is 0. The second kappa shape index (κ2) is 5.62. The molecule has 0 aliphatic rings. The SMILES string of the molecule is COc1cc(S(=O)(=O)n2ccc3ccccc32)c(OC)cc1C. The summed E-state index contributed by atoms with van der Waals surface area (Å²) in [6.07, 6.45) is 1.55. The van der Waals surface area contributed by atoms with Crippen molar-refractivity contribution in [3.63, 3.8) is 0 Å². The molecule has 120 valence electrons. The van der Waals surface area contributed by atoms with Crippen molar-refractivity contribution in [3.05, 3.63) is 54.2 Å². The molecule has 0 N–H and O–H groups in total. The van der Waals surface area contributed by atoms with Gasteiger partial charge in [-0.3, -0.25) is 0 Å². The van der Waals surface area contributed by atoms with Gasteiger partial charge in [-0.15, -0.1) is 0 Å². The number of fused-ring (bicyclic) bond motifs is 1. The first-order chi connectivity index (χ1) is 11.0. The van der Waals surface area contributed by atoms with Gasteiger partial charge in [0.15, 0.2) is 0 Å². The quantitative estimate of drug-likeness (QED) is 0.737. The highest BCUT2D eigenvalue weighted by Crippen LogP contribution is 2.34. The first-order valence-electron chi connectivity index (χ1n) is 7.03. The van der Waals surface area contributed by atoms with Crippen LogP contribution in [0.5, 0.6) is 11.5 Å². The van der Waals surface area contributed by atoms with Crippen LogP contribution in [0.1, 0.15) is 5.56 Å². The number of nitrogens with zero attached hydrogens (tertiary/aromatic N) is 1. The first kappa shape index (κ1) is 15.4. The van der Waals surface area contributed by atoms with Crippen molar-refractivity contribution in [1.82, 2.24) is 3.97 Å². The lowest BCUT2D eigenvalue weighted by molar-refractivity contribution is 0.390. The summed E-state index contributed by atoms with van der Waals surface area (Å²) in [4.78, 5) is 0.0730. The summed E-state index contributed by atoms with van der Waals surface area (Å²) in [6.45, 7) is 1.84. The van der Waals surface area contributed by atoms with Crippen LogP contribution in [-0.4, -0.2) is 26.6 Å². The number of aryl methyl sites for hydroxylation is 1. The van der Waals surface area contributed by atoms with Crippen LogP contribution in [0.4, 0.5) is 0 Å².